The lowest BCUT2D eigenvalue weighted by molar-refractivity contribution is -0.148. The van der Waals surface area contributed by atoms with E-state index in [2.05, 4.69) is 0 Å². The van der Waals surface area contributed by atoms with E-state index in [1.54, 1.807) is 6.92 Å². The quantitative estimate of drug-likeness (QED) is 0.787. The number of hydrogen-bond donors (Lipinski definition) is 1. The average molecular weight is 218 g/mol. The molecule has 0 spiro atoms. The van der Waals surface area contributed by atoms with Crippen LogP contribution in [0, 0.1) is 0 Å². The summed E-state index contributed by atoms with van der Waals surface area (Å²) in [5.74, 6) is -0.739. The topological polar surface area (TPSA) is 40.5 Å². The van der Waals surface area contributed by atoms with Gasteiger partial charge in [0, 0.05) is 12.1 Å². The fraction of sp³-hybridized carbons (Fsp3) is 0.700. The van der Waals surface area contributed by atoms with Crippen molar-refractivity contribution in [3.63, 3.8) is 0 Å². The summed E-state index contributed by atoms with van der Waals surface area (Å²) in [6.45, 7) is 5.18. The summed E-state index contributed by atoms with van der Waals surface area (Å²) in [5, 5.41) is 9.13. The van der Waals surface area contributed by atoms with Gasteiger partial charge in [0.05, 0.1) is 0 Å². The third kappa shape index (κ3) is 2.10. The smallest absolute Gasteiger partial charge is 0.323 e. The molecule has 1 heterocycles. The molecule has 1 N–H and O–H groups in total. The van der Waals surface area contributed by atoms with Crippen LogP contribution in [0.5, 0.6) is 0 Å². The number of rotatable bonds is 3. The Balaban J connectivity index is 2.73. The minimum absolute atomic E-state index is 0.645. The Morgan fingerprint density at radius 1 is 1.71 bits per heavy atom. The SMILES string of the molecule is C/C(=C/Cl)CN1CCCC1(C)C(=O)O. The summed E-state index contributed by atoms with van der Waals surface area (Å²) < 4.78 is 0. The van der Waals surface area contributed by atoms with Gasteiger partial charge in [0.1, 0.15) is 5.54 Å². The van der Waals surface area contributed by atoms with Gasteiger partial charge in [-0.1, -0.05) is 11.6 Å². The standard InChI is InChI=1S/C10H16ClNO2/c1-8(6-11)7-12-5-3-4-10(12,2)9(13)14/h6H,3-5,7H2,1-2H3,(H,13,14)/b8-6-. The minimum atomic E-state index is -0.739. The molecule has 80 valence electrons. The fourth-order valence-corrected chi connectivity index (χ4v) is 1.92. The highest BCUT2D eigenvalue weighted by atomic mass is 35.5. The largest absolute Gasteiger partial charge is 0.480 e. The van der Waals surface area contributed by atoms with Crippen LogP contribution in [0.15, 0.2) is 11.1 Å². The first kappa shape index (κ1) is 11.5. The van der Waals surface area contributed by atoms with Gasteiger partial charge in [0.15, 0.2) is 0 Å². The first-order valence-corrected chi connectivity index (χ1v) is 5.18. The molecule has 1 fully saturated rings. The second-order valence-corrected chi connectivity index (χ2v) is 4.28. The monoisotopic (exact) mass is 217 g/mol. The van der Waals surface area contributed by atoms with E-state index in [4.69, 9.17) is 16.7 Å². The first-order valence-electron chi connectivity index (χ1n) is 4.75. The number of carboxylic acids is 1. The third-order valence-electron chi connectivity index (χ3n) is 2.88. The van der Waals surface area contributed by atoms with Gasteiger partial charge in [-0.25, -0.2) is 0 Å². The summed E-state index contributed by atoms with van der Waals surface area (Å²) in [5.41, 5.74) is 1.81. The van der Waals surface area contributed by atoms with Crippen LogP contribution in [0.4, 0.5) is 0 Å². The van der Waals surface area contributed by atoms with Crippen LogP contribution in [0.1, 0.15) is 26.7 Å². The van der Waals surface area contributed by atoms with Crippen molar-refractivity contribution >= 4 is 17.6 Å². The van der Waals surface area contributed by atoms with E-state index in [1.165, 1.54) is 5.54 Å². The van der Waals surface area contributed by atoms with Gasteiger partial charge in [-0.05, 0) is 38.8 Å². The molecule has 1 aliphatic heterocycles. The fourth-order valence-electron chi connectivity index (χ4n) is 1.85. The van der Waals surface area contributed by atoms with Crippen LogP contribution in [0.2, 0.25) is 0 Å². The molecule has 0 aliphatic carbocycles. The average Bonchev–Trinajstić information content (AvgIpc) is 2.49. The lowest BCUT2D eigenvalue weighted by Gasteiger charge is -2.31. The highest BCUT2D eigenvalue weighted by Gasteiger charge is 2.42. The number of carbonyl (C=O) groups is 1. The van der Waals surface area contributed by atoms with Crippen molar-refractivity contribution in [3.8, 4) is 0 Å². The van der Waals surface area contributed by atoms with E-state index >= 15 is 0 Å². The zero-order valence-corrected chi connectivity index (χ0v) is 9.34. The summed E-state index contributed by atoms with van der Waals surface area (Å²) in [4.78, 5) is 13.1. The molecule has 0 bridgehead atoms. The Kier molecular flexibility index (Phi) is 3.56. The molecule has 0 aromatic rings. The Morgan fingerprint density at radius 2 is 2.36 bits per heavy atom. The second kappa shape index (κ2) is 4.32. The summed E-state index contributed by atoms with van der Waals surface area (Å²) in [6.07, 6.45) is 1.66. The first-order chi connectivity index (χ1) is 6.50. The van der Waals surface area contributed by atoms with Crippen molar-refractivity contribution in [1.29, 1.82) is 0 Å². The zero-order valence-electron chi connectivity index (χ0n) is 8.59. The van der Waals surface area contributed by atoms with Gasteiger partial charge in [0.25, 0.3) is 0 Å². The Hall–Kier alpha value is -0.540. The van der Waals surface area contributed by atoms with Crippen molar-refractivity contribution in [3.05, 3.63) is 11.1 Å². The predicted molar refractivity (Wildman–Crippen MR) is 56.5 cm³/mol. The van der Waals surface area contributed by atoms with E-state index in [-0.39, 0.29) is 0 Å². The molecule has 1 unspecified atom stereocenters. The van der Waals surface area contributed by atoms with Crippen LogP contribution >= 0.6 is 11.6 Å². The predicted octanol–water partition coefficient (Wildman–Crippen LogP) is 2.07. The van der Waals surface area contributed by atoms with Crippen LogP contribution in [0.25, 0.3) is 0 Å². The van der Waals surface area contributed by atoms with E-state index in [9.17, 15) is 4.79 Å². The number of likely N-dealkylation sites (tertiary alicyclic amines) is 1. The van der Waals surface area contributed by atoms with Crippen molar-refractivity contribution in [2.45, 2.75) is 32.2 Å². The minimum Gasteiger partial charge on any atom is -0.480 e. The van der Waals surface area contributed by atoms with Gasteiger partial charge >= 0.3 is 5.97 Å². The second-order valence-electron chi connectivity index (χ2n) is 4.06. The van der Waals surface area contributed by atoms with Gasteiger partial charge in [-0.15, -0.1) is 0 Å². The summed E-state index contributed by atoms with van der Waals surface area (Å²) in [6, 6.07) is 0. The molecule has 0 aromatic heterocycles. The zero-order chi connectivity index (χ0) is 10.8. The molecule has 0 radical (unpaired) electrons. The van der Waals surface area contributed by atoms with E-state index in [1.807, 2.05) is 11.8 Å². The Labute approximate surface area is 89.3 Å². The maximum absolute atomic E-state index is 11.1. The highest BCUT2D eigenvalue weighted by molar-refractivity contribution is 6.25. The highest BCUT2D eigenvalue weighted by Crippen LogP contribution is 2.29. The van der Waals surface area contributed by atoms with Gasteiger partial charge in [-0.2, -0.15) is 0 Å². The molecule has 14 heavy (non-hydrogen) atoms. The Morgan fingerprint density at radius 3 is 2.86 bits per heavy atom. The number of halogens is 1. The van der Waals surface area contributed by atoms with Crippen molar-refractivity contribution in [1.82, 2.24) is 4.90 Å². The van der Waals surface area contributed by atoms with E-state index in [0.29, 0.717) is 6.54 Å². The van der Waals surface area contributed by atoms with Crippen LogP contribution in [-0.4, -0.2) is 34.6 Å². The number of nitrogens with zero attached hydrogens (tertiary/aromatic N) is 1. The van der Waals surface area contributed by atoms with E-state index in [0.717, 1.165) is 25.0 Å². The number of aliphatic carboxylic acids is 1. The molecule has 0 aromatic carbocycles. The molecular formula is C10H16ClNO2. The Bertz CT molecular complexity index is 265. The molecule has 0 saturated carbocycles. The normalized spacial score (nSPS) is 29.5. The maximum Gasteiger partial charge on any atom is 0.323 e. The lowest BCUT2D eigenvalue weighted by atomic mass is 9.99. The van der Waals surface area contributed by atoms with Crippen LogP contribution < -0.4 is 0 Å². The molecule has 1 saturated heterocycles. The molecule has 1 aliphatic rings. The molecule has 4 heteroatoms. The van der Waals surface area contributed by atoms with Gasteiger partial charge < -0.3 is 5.11 Å². The molecule has 0 amide bonds. The molecule has 1 atom stereocenters. The summed E-state index contributed by atoms with van der Waals surface area (Å²) in [7, 11) is 0. The molecular weight excluding hydrogens is 202 g/mol. The van der Waals surface area contributed by atoms with Crippen molar-refractivity contribution < 1.29 is 9.90 Å². The maximum atomic E-state index is 11.1. The molecule has 3 nitrogen and oxygen atoms in total. The third-order valence-corrected chi connectivity index (χ3v) is 3.25. The summed E-state index contributed by atoms with van der Waals surface area (Å²) >= 11 is 5.57. The number of carboxylic acid groups (broad SMARTS) is 1. The van der Waals surface area contributed by atoms with Crippen LogP contribution in [0.3, 0.4) is 0 Å². The van der Waals surface area contributed by atoms with Gasteiger partial charge in [-0.3, -0.25) is 9.69 Å². The van der Waals surface area contributed by atoms with E-state index < -0.39 is 11.5 Å². The van der Waals surface area contributed by atoms with Gasteiger partial charge in [0.2, 0.25) is 0 Å². The van der Waals surface area contributed by atoms with Crippen LogP contribution in [-0.2, 0) is 4.79 Å². The number of hydrogen-bond acceptors (Lipinski definition) is 2. The van der Waals surface area contributed by atoms with Crippen molar-refractivity contribution in [2.75, 3.05) is 13.1 Å². The van der Waals surface area contributed by atoms with Crippen molar-refractivity contribution in [2.24, 2.45) is 0 Å². The molecule has 1 rings (SSSR count). The lowest BCUT2D eigenvalue weighted by Crippen LogP contribution is -2.48.